The first-order valence-electron chi connectivity index (χ1n) is 14.1. The second kappa shape index (κ2) is 12.0. The highest BCUT2D eigenvalue weighted by atomic mass is 16.6. The van der Waals surface area contributed by atoms with Crippen molar-refractivity contribution in [2.45, 2.75) is 51.7 Å². The number of amides is 3. The molecule has 3 heterocycles. The van der Waals surface area contributed by atoms with Crippen molar-refractivity contribution < 1.29 is 38.6 Å². The number of rotatable bonds is 8. The number of aromatic nitrogens is 2. The average molecular weight is 606 g/mol. The Hall–Kier alpha value is -4.95. The molecule has 1 fully saturated rings. The fourth-order valence-electron chi connectivity index (χ4n) is 5.25. The Kier molecular flexibility index (Phi) is 8.30. The first-order valence-corrected chi connectivity index (χ1v) is 14.1. The molecule has 230 valence electrons. The lowest BCUT2D eigenvalue weighted by atomic mass is 9.96. The van der Waals surface area contributed by atoms with Crippen LogP contribution >= 0.6 is 0 Å². The zero-order valence-electron chi connectivity index (χ0n) is 24.5. The third kappa shape index (κ3) is 6.50. The van der Waals surface area contributed by atoms with Crippen molar-refractivity contribution >= 4 is 64.1 Å². The van der Waals surface area contributed by atoms with E-state index in [9.17, 15) is 29.1 Å². The topological polar surface area (TPSA) is 186 Å². The number of carboxylic acid groups (broad SMARTS) is 1. The number of nitrogens with zero attached hydrogens (tertiary/aromatic N) is 3. The van der Waals surface area contributed by atoms with Gasteiger partial charge in [-0.15, -0.1) is 4.59 Å². The molecule has 14 heteroatoms. The van der Waals surface area contributed by atoms with Gasteiger partial charge in [-0.25, -0.2) is 25.0 Å². The SMILES string of the molecule is CC(C)(C)OC(=O)Nc1ncc2ccc(N[N+]3(c4ccc5c(c4)NC(=O)CC5)CCO[C@H]([C@H](C=O)CC(=O)O)C3=O)cc2n1. The molecule has 3 atom stereocenters. The maximum atomic E-state index is 14.3. The van der Waals surface area contributed by atoms with Crippen LogP contribution in [0.5, 0.6) is 0 Å². The van der Waals surface area contributed by atoms with Crippen molar-refractivity contribution in [1.29, 1.82) is 0 Å². The minimum absolute atomic E-state index is 0.0169. The summed E-state index contributed by atoms with van der Waals surface area (Å²) in [7, 11) is 0. The lowest BCUT2D eigenvalue weighted by molar-refractivity contribution is -0.158. The molecule has 1 saturated heterocycles. The quantitative estimate of drug-likeness (QED) is 0.218. The summed E-state index contributed by atoms with van der Waals surface area (Å²) in [6, 6.07) is 10.4. The smallest absolute Gasteiger partial charge is 0.414 e. The van der Waals surface area contributed by atoms with Gasteiger partial charge in [0.2, 0.25) is 11.9 Å². The maximum absolute atomic E-state index is 14.3. The molecule has 3 amide bonds. The third-order valence-corrected chi connectivity index (χ3v) is 7.26. The first kappa shape index (κ1) is 30.5. The number of ether oxygens (including phenoxy) is 2. The van der Waals surface area contributed by atoms with E-state index in [4.69, 9.17) is 9.47 Å². The van der Waals surface area contributed by atoms with Crippen LogP contribution in [0.25, 0.3) is 10.9 Å². The van der Waals surface area contributed by atoms with Gasteiger partial charge in [0.25, 0.3) is 0 Å². The van der Waals surface area contributed by atoms with Crippen LogP contribution in [0.15, 0.2) is 42.6 Å². The van der Waals surface area contributed by atoms with E-state index in [-0.39, 0.29) is 25.0 Å². The highest BCUT2D eigenvalue weighted by Gasteiger charge is 2.52. The number of benzene rings is 2. The number of hydrogen-bond acceptors (Lipinski definition) is 10. The Bertz CT molecular complexity index is 1650. The van der Waals surface area contributed by atoms with Gasteiger partial charge in [-0.1, -0.05) is 6.07 Å². The number of carbonyl (C=O) groups excluding carboxylic acids is 4. The van der Waals surface area contributed by atoms with Gasteiger partial charge in [-0.3, -0.25) is 14.9 Å². The minimum atomic E-state index is -1.34. The lowest BCUT2D eigenvalue weighted by Crippen LogP contribution is -2.68. The van der Waals surface area contributed by atoms with Gasteiger partial charge < -0.3 is 24.7 Å². The minimum Gasteiger partial charge on any atom is -0.481 e. The molecule has 14 nitrogen and oxygen atoms in total. The molecule has 0 saturated carbocycles. The average Bonchev–Trinajstić information content (AvgIpc) is 2.95. The van der Waals surface area contributed by atoms with Gasteiger partial charge in [0.05, 0.1) is 23.5 Å². The third-order valence-electron chi connectivity index (χ3n) is 7.26. The number of carbonyl (C=O) groups is 5. The summed E-state index contributed by atoms with van der Waals surface area (Å²) in [5.74, 6) is -3.16. The molecule has 2 aliphatic rings. The Balaban J connectivity index is 1.54. The second-order valence-corrected chi connectivity index (χ2v) is 11.7. The van der Waals surface area contributed by atoms with Crippen LogP contribution in [0.1, 0.15) is 39.2 Å². The van der Waals surface area contributed by atoms with Crippen LogP contribution in [-0.2, 0) is 35.1 Å². The Morgan fingerprint density at radius 1 is 1.20 bits per heavy atom. The maximum Gasteiger partial charge on any atom is 0.414 e. The molecule has 4 N–H and O–H groups in total. The standard InChI is InChI=1S/C30H32N6O8/c1-30(2,3)44-29(42)34-28-31-15-18-4-7-20(13-22(18)33-28)35-36(21-8-5-17-6-9-24(38)32-23(17)14-21)10-11-43-26(27(36)41)19(16-37)12-25(39)40/h4-5,7-8,13-16,19,26H,6,9-12H2,1-3H3,(H3-,31,32,33,34,35,38,39,40,42)/p+1/t19-,26+,36?/m0/s1. The van der Waals surface area contributed by atoms with Gasteiger partial charge in [0, 0.05) is 35.8 Å². The van der Waals surface area contributed by atoms with Gasteiger partial charge in [-0.05, 0) is 51.0 Å². The number of carboxylic acids is 1. The van der Waals surface area contributed by atoms with E-state index < -0.39 is 46.6 Å². The predicted octanol–water partition coefficient (Wildman–Crippen LogP) is 3.41. The molecule has 5 rings (SSSR count). The number of fused-ring (bicyclic) bond motifs is 2. The highest BCUT2D eigenvalue weighted by Crippen LogP contribution is 2.36. The Labute approximate surface area is 252 Å². The molecule has 1 aromatic heterocycles. The number of nitrogens with one attached hydrogen (secondary N) is 3. The van der Waals surface area contributed by atoms with Gasteiger partial charge in [-0.2, -0.15) is 0 Å². The van der Waals surface area contributed by atoms with E-state index in [0.29, 0.717) is 47.1 Å². The molecule has 0 radical (unpaired) electrons. The number of anilines is 3. The largest absolute Gasteiger partial charge is 0.481 e. The van der Waals surface area contributed by atoms with Crippen molar-refractivity contribution in [3.63, 3.8) is 0 Å². The molecule has 44 heavy (non-hydrogen) atoms. The summed E-state index contributed by atoms with van der Waals surface area (Å²) in [5.41, 5.74) is 5.40. The number of aryl methyl sites for hydroxylation is 1. The van der Waals surface area contributed by atoms with E-state index in [1.54, 1.807) is 51.1 Å². The zero-order chi connectivity index (χ0) is 31.6. The Morgan fingerprint density at radius 2 is 2.00 bits per heavy atom. The molecule has 1 unspecified atom stereocenters. The van der Waals surface area contributed by atoms with E-state index in [2.05, 4.69) is 26.0 Å². The lowest BCUT2D eigenvalue weighted by Gasteiger charge is -2.41. The van der Waals surface area contributed by atoms with Crippen molar-refractivity contribution in [1.82, 2.24) is 14.6 Å². The molecule has 2 aromatic carbocycles. The van der Waals surface area contributed by atoms with Crippen molar-refractivity contribution in [3.8, 4) is 0 Å². The number of quaternary nitrogens is 1. The number of hydrogen-bond donors (Lipinski definition) is 4. The molecular formula is C30H33N6O8+. The summed E-state index contributed by atoms with van der Waals surface area (Å²) >= 11 is 0. The summed E-state index contributed by atoms with van der Waals surface area (Å²) in [6.45, 7) is 5.32. The van der Waals surface area contributed by atoms with Crippen LogP contribution in [-0.4, -0.2) is 70.1 Å². The summed E-state index contributed by atoms with van der Waals surface area (Å²) in [6.07, 6.45) is 0.209. The molecule has 0 bridgehead atoms. The van der Waals surface area contributed by atoms with Crippen LogP contribution in [0.3, 0.4) is 0 Å². The molecule has 0 aliphatic carbocycles. The number of aliphatic carboxylic acids is 1. The van der Waals surface area contributed by atoms with Gasteiger partial charge in [0.1, 0.15) is 25.0 Å². The Morgan fingerprint density at radius 3 is 2.73 bits per heavy atom. The summed E-state index contributed by atoms with van der Waals surface area (Å²) in [4.78, 5) is 70.7. The van der Waals surface area contributed by atoms with Crippen LogP contribution in [0.2, 0.25) is 0 Å². The number of morpholine rings is 1. The second-order valence-electron chi connectivity index (χ2n) is 11.7. The van der Waals surface area contributed by atoms with E-state index in [0.717, 1.165) is 5.56 Å². The molecule has 3 aromatic rings. The van der Waals surface area contributed by atoms with E-state index in [1.807, 2.05) is 6.07 Å². The van der Waals surface area contributed by atoms with Crippen LogP contribution in [0.4, 0.5) is 27.8 Å². The van der Waals surface area contributed by atoms with E-state index in [1.165, 1.54) is 6.20 Å². The monoisotopic (exact) mass is 605 g/mol. The normalized spacial score (nSPS) is 20.7. The van der Waals surface area contributed by atoms with Gasteiger partial charge in [0.15, 0.2) is 11.8 Å². The van der Waals surface area contributed by atoms with Crippen molar-refractivity contribution in [2.75, 3.05) is 29.2 Å². The van der Waals surface area contributed by atoms with Crippen molar-refractivity contribution in [3.05, 3.63) is 48.2 Å². The fraction of sp³-hybridized carbons (Fsp3) is 0.367. The summed E-state index contributed by atoms with van der Waals surface area (Å²) < 4.78 is 10.5. The molecular weight excluding hydrogens is 572 g/mol. The molecule has 0 spiro atoms. The number of aldehydes is 1. The van der Waals surface area contributed by atoms with Gasteiger partial charge >= 0.3 is 18.0 Å². The highest BCUT2D eigenvalue weighted by molar-refractivity contribution is 5.99. The van der Waals surface area contributed by atoms with Crippen LogP contribution in [0, 0.1) is 5.92 Å². The molecule has 2 aliphatic heterocycles. The predicted molar refractivity (Wildman–Crippen MR) is 160 cm³/mol. The summed E-state index contributed by atoms with van der Waals surface area (Å²) in [5, 5.41) is 15.4. The van der Waals surface area contributed by atoms with Crippen molar-refractivity contribution in [2.24, 2.45) is 5.92 Å². The fourth-order valence-corrected chi connectivity index (χ4v) is 5.25. The van der Waals surface area contributed by atoms with Crippen LogP contribution < -0.4 is 20.7 Å². The van der Waals surface area contributed by atoms with E-state index >= 15 is 0 Å². The first-order chi connectivity index (χ1) is 20.9. The zero-order valence-corrected chi connectivity index (χ0v) is 24.5.